The van der Waals surface area contributed by atoms with Crippen LogP contribution in [0.4, 0.5) is 5.69 Å². The lowest BCUT2D eigenvalue weighted by Gasteiger charge is -2.14. The molecule has 1 unspecified atom stereocenters. The summed E-state index contributed by atoms with van der Waals surface area (Å²) >= 11 is 0. The molecule has 1 rings (SSSR count). The van der Waals surface area contributed by atoms with Crippen molar-refractivity contribution in [3.8, 4) is 5.75 Å². The molecule has 0 aliphatic heterocycles. The van der Waals surface area contributed by atoms with Gasteiger partial charge in [-0.05, 0) is 26.0 Å². The van der Waals surface area contributed by atoms with E-state index in [1.807, 2.05) is 0 Å². The lowest BCUT2D eigenvalue weighted by molar-refractivity contribution is -0.152. The number of carbonyl (C=O) groups excluding carboxylic acids is 2. The summed E-state index contributed by atoms with van der Waals surface area (Å²) in [5.74, 6) is -1.04. The summed E-state index contributed by atoms with van der Waals surface area (Å²) in [6, 6.07) is 4.79. The predicted molar refractivity (Wildman–Crippen MR) is 68.9 cm³/mol. The van der Waals surface area contributed by atoms with Gasteiger partial charge in [0.2, 0.25) is 0 Å². The Balaban J connectivity index is 2.87. The van der Waals surface area contributed by atoms with Crippen LogP contribution in [0.15, 0.2) is 18.2 Å². The normalized spacial score (nSPS) is 11.5. The number of anilines is 1. The third-order valence-corrected chi connectivity index (χ3v) is 2.38. The number of ether oxygens (including phenoxy) is 3. The Morgan fingerprint density at radius 3 is 2.63 bits per heavy atom. The van der Waals surface area contributed by atoms with Crippen molar-refractivity contribution in [2.45, 2.75) is 20.0 Å². The van der Waals surface area contributed by atoms with E-state index >= 15 is 0 Å². The molecule has 0 heterocycles. The minimum atomic E-state index is -1.00. The molecule has 1 aromatic carbocycles. The van der Waals surface area contributed by atoms with Crippen LogP contribution in [0, 0.1) is 0 Å². The number of carbonyl (C=O) groups is 2. The van der Waals surface area contributed by atoms with Crippen LogP contribution >= 0.6 is 0 Å². The van der Waals surface area contributed by atoms with E-state index in [1.165, 1.54) is 14.0 Å². The van der Waals surface area contributed by atoms with Crippen molar-refractivity contribution in [3.63, 3.8) is 0 Å². The van der Waals surface area contributed by atoms with Gasteiger partial charge in [-0.3, -0.25) is 0 Å². The van der Waals surface area contributed by atoms with E-state index in [0.29, 0.717) is 5.75 Å². The number of esters is 2. The summed E-state index contributed by atoms with van der Waals surface area (Å²) in [5, 5.41) is 0. The fraction of sp³-hybridized carbons (Fsp3) is 0.385. The first-order valence-corrected chi connectivity index (χ1v) is 5.81. The van der Waals surface area contributed by atoms with Gasteiger partial charge in [-0.25, -0.2) is 9.59 Å². The number of hydrogen-bond acceptors (Lipinski definition) is 6. The van der Waals surface area contributed by atoms with E-state index in [0.717, 1.165) is 0 Å². The maximum atomic E-state index is 12.0. The highest BCUT2D eigenvalue weighted by atomic mass is 16.6. The van der Waals surface area contributed by atoms with E-state index in [4.69, 9.17) is 19.9 Å². The Labute approximate surface area is 111 Å². The summed E-state index contributed by atoms with van der Waals surface area (Å²) in [6.45, 7) is 3.32. The zero-order valence-corrected chi connectivity index (χ0v) is 11.1. The summed E-state index contributed by atoms with van der Waals surface area (Å²) in [5.41, 5.74) is 6.03. The Hall–Kier alpha value is -2.24. The van der Waals surface area contributed by atoms with Crippen LogP contribution in [0.25, 0.3) is 0 Å². The second-order valence-electron chi connectivity index (χ2n) is 3.72. The molecular formula is C13H17NO5. The third-order valence-electron chi connectivity index (χ3n) is 2.38. The molecule has 0 spiro atoms. The number of hydrogen-bond donors (Lipinski definition) is 1. The predicted octanol–water partition coefficient (Wildman–Crippen LogP) is 1.39. The Morgan fingerprint density at radius 1 is 1.37 bits per heavy atom. The molecule has 2 N–H and O–H groups in total. The van der Waals surface area contributed by atoms with Gasteiger partial charge in [0.25, 0.3) is 0 Å². The maximum Gasteiger partial charge on any atom is 0.347 e. The number of nitrogens with two attached hydrogens (primary N) is 1. The van der Waals surface area contributed by atoms with Crippen LogP contribution in [0.3, 0.4) is 0 Å². The Bertz CT molecular complexity index is 472. The zero-order chi connectivity index (χ0) is 14.4. The molecule has 6 heteroatoms. The topological polar surface area (TPSA) is 87.9 Å². The lowest BCUT2D eigenvalue weighted by Crippen LogP contribution is -2.26. The second kappa shape index (κ2) is 6.63. The van der Waals surface area contributed by atoms with Gasteiger partial charge in [0.15, 0.2) is 6.10 Å². The number of methoxy groups -OCH3 is 1. The van der Waals surface area contributed by atoms with E-state index in [9.17, 15) is 9.59 Å². The molecule has 0 amide bonds. The number of rotatable bonds is 5. The molecule has 0 fully saturated rings. The summed E-state index contributed by atoms with van der Waals surface area (Å²) in [4.78, 5) is 23.4. The van der Waals surface area contributed by atoms with Gasteiger partial charge >= 0.3 is 11.9 Å². The highest BCUT2D eigenvalue weighted by Gasteiger charge is 2.23. The summed E-state index contributed by atoms with van der Waals surface area (Å²) < 4.78 is 14.8. The molecule has 0 aliphatic carbocycles. The molecule has 0 saturated carbocycles. The van der Waals surface area contributed by atoms with Crippen molar-refractivity contribution < 1.29 is 23.8 Å². The fourth-order valence-electron chi connectivity index (χ4n) is 1.46. The van der Waals surface area contributed by atoms with Gasteiger partial charge in [0, 0.05) is 5.69 Å². The van der Waals surface area contributed by atoms with Crippen molar-refractivity contribution in [1.29, 1.82) is 0 Å². The van der Waals surface area contributed by atoms with Gasteiger partial charge in [-0.2, -0.15) is 0 Å². The summed E-state index contributed by atoms with van der Waals surface area (Å²) in [6.07, 6.45) is -1.00. The number of nitrogen functional groups attached to an aromatic ring is 1. The van der Waals surface area contributed by atoms with Crippen molar-refractivity contribution in [3.05, 3.63) is 23.8 Å². The molecule has 0 radical (unpaired) electrons. The molecule has 6 nitrogen and oxygen atoms in total. The zero-order valence-electron chi connectivity index (χ0n) is 11.1. The van der Waals surface area contributed by atoms with Crippen LogP contribution in [0.1, 0.15) is 24.2 Å². The second-order valence-corrected chi connectivity index (χ2v) is 3.72. The number of benzene rings is 1. The van der Waals surface area contributed by atoms with Crippen LogP contribution in [-0.2, 0) is 14.3 Å². The molecule has 0 aromatic heterocycles. The fourth-order valence-corrected chi connectivity index (χ4v) is 1.46. The van der Waals surface area contributed by atoms with Gasteiger partial charge in [0.05, 0.1) is 13.7 Å². The molecule has 0 bridgehead atoms. The van der Waals surface area contributed by atoms with Crippen molar-refractivity contribution in [2.24, 2.45) is 0 Å². The molecular weight excluding hydrogens is 250 g/mol. The first kappa shape index (κ1) is 14.8. The van der Waals surface area contributed by atoms with Crippen molar-refractivity contribution >= 4 is 17.6 Å². The minimum Gasteiger partial charge on any atom is -0.496 e. The van der Waals surface area contributed by atoms with Crippen LogP contribution in [0.2, 0.25) is 0 Å². The monoisotopic (exact) mass is 267 g/mol. The first-order valence-electron chi connectivity index (χ1n) is 5.81. The van der Waals surface area contributed by atoms with Crippen molar-refractivity contribution in [1.82, 2.24) is 0 Å². The SMILES string of the molecule is CCOC(=O)C(C)OC(=O)c1c(N)cccc1OC. The molecule has 19 heavy (non-hydrogen) atoms. The van der Waals surface area contributed by atoms with E-state index in [-0.39, 0.29) is 17.9 Å². The highest BCUT2D eigenvalue weighted by molar-refractivity contribution is 5.99. The van der Waals surface area contributed by atoms with Gasteiger partial charge in [-0.1, -0.05) is 6.07 Å². The van der Waals surface area contributed by atoms with Crippen LogP contribution in [-0.4, -0.2) is 31.8 Å². The highest BCUT2D eigenvalue weighted by Crippen LogP contribution is 2.25. The third kappa shape index (κ3) is 3.61. The summed E-state index contributed by atoms with van der Waals surface area (Å²) in [7, 11) is 1.42. The van der Waals surface area contributed by atoms with Gasteiger partial charge in [-0.15, -0.1) is 0 Å². The average Bonchev–Trinajstić information content (AvgIpc) is 2.38. The van der Waals surface area contributed by atoms with E-state index in [2.05, 4.69) is 0 Å². The van der Waals surface area contributed by atoms with E-state index < -0.39 is 18.0 Å². The minimum absolute atomic E-state index is 0.0983. The molecule has 104 valence electrons. The molecule has 1 atom stereocenters. The van der Waals surface area contributed by atoms with E-state index in [1.54, 1.807) is 25.1 Å². The van der Waals surface area contributed by atoms with Crippen molar-refractivity contribution in [2.75, 3.05) is 19.5 Å². The van der Waals surface area contributed by atoms with Crippen LogP contribution < -0.4 is 10.5 Å². The molecule has 0 aliphatic rings. The van der Waals surface area contributed by atoms with Gasteiger partial charge in [0.1, 0.15) is 11.3 Å². The maximum absolute atomic E-state index is 12.0. The van der Waals surface area contributed by atoms with Crippen LogP contribution in [0.5, 0.6) is 5.75 Å². The molecule has 1 aromatic rings. The Morgan fingerprint density at radius 2 is 2.05 bits per heavy atom. The average molecular weight is 267 g/mol. The Kier molecular flexibility index (Phi) is 5.17. The quantitative estimate of drug-likeness (QED) is 0.640. The lowest BCUT2D eigenvalue weighted by atomic mass is 10.1. The standard InChI is InChI=1S/C13H17NO5/c1-4-18-12(15)8(2)19-13(16)11-9(14)6-5-7-10(11)17-3/h5-8H,4,14H2,1-3H3. The largest absolute Gasteiger partial charge is 0.496 e. The first-order chi connectivity index (χ1) is 9.01. The van der Waals surface area contributed by atoms with Gasteiger partial charge < -0.3 is 19.9 Å². The smallest absolute Gasteiger partial charge is 0.347 e. The molecule has 0 saturated heterocycles.